The zero-order valence-corrected chi connectivity index (χ0v) is 17.5. The molecule has 8 heteroatoms. The quantitative estimate of drug-likeness (QED) is 0.410. The average molecular weight is 471 g/mol. The molecule has 142 valence electrons. The number of benzene rings is 1. The van der Waals surface area contributed by atoms with Gasteiger partial charge in [0.05, 0.1) is 37.2 Å². The van der Waals surface area contributed by atoms with Crippen LogP contribution in [-0.4, -0.2) is 67.2 Å². The van der Waals surface area contributed by atoms with Crippen molar-refractivity contribution in [2.24, 2.45) is 4.99 Å². The largest absolute Gasteiger partial charge is 0.382 e. The minimum absolute atomic E-state index is 0. The fourth-order valence-corrected chi connectivity index (χ4v) is 2.88. The molecule has 1 atom stereocenters. The minimum atomic E-state index is 0. The molecule has 1 aromatic carbocycles. The Bertz CT molecular complexity index is 690. The number of aromatic nitrogens is 2. The summed E-state index contributed by atoms with van der Waals surface area (Å²) in [6, 6.07) is 12.1. The molecule has 1 unspecified atom stereocenters. The van der Waals surface area contributed by atoms with Crippen molar-refractivity contribution in [3.8, 4) is 5.69 Å². The number of halogens is 1. The first-order valence-corrected chi connectivity index (χ1v) is 8.46. The van der Waals surface area contributed by atoms with Gasteiger partial charge in [-0.3, -0.25) is 4.99 Å². The minimum Gasteiger partial charge on any atom is -0.382 e. The van der Waals surface area contributed by atoms with Crippen molar-refractivity contribution < 1.29 is 9.47 Å². The predicted molar refractivity (Wildman–Crippen MR) is 112 cm³/mol. The number of hydrogen-bond donors (Lipinski definition) is 1. The van der Waals surface area contributed by atoms with Crippen LogP contribution in [0.4, 0.5) is 0 Å². The standard InChI is InChI=1S/C18H25N5O2.HI/c1-19-18(22-10-11-25-17(13-22)14-24-2)20-12-15-8-9-23(21-15)16-6-4-3-5-7-16;/h3-9,17H,10-14H2,1-2H3,(H,19,20);1H. The van der Waals surface area contributed by atoms with Crippen molar-refractivity contribution in [2.75, 3.05) is 40.5 Å². The number of rotatable bonds is 5. The van der Waals surface area contributed by atoms with Crippen LogP contribution in [-0.2, 0) is 16.0 Å². The maximum absolute atomic E-state index is 5.69. The van der Waals surface area contributed by atoms with E-state index in [1.807, 2.05) is 47.3 Å². The highest BCUT2D eigenvalue weighted by Gasteiger charge is 2.22. The van der Waals surface area contributed by atoms with E-state index < -0.39 is 0 Å². The zero-order valence-electron chi connectivity index (χ0n) is 15.2. The Morgan fingerprint density at radius 1 is 1.35 bits per heavy atom. The van der Waals surface area contributed by atoms with E-state index >= 15 is 0 Å². The second kappa shape index (κ2) is 10.5. The topological polar surface area (TPSA) is 63.9 Å². The molecule has 0 amide bonds. The summed E-state index contributed by atoms with van der Waals surface area (Å²) in [4.78, 5) is 6.58. The fourth-order valence-electron chi connectivity index (χ4n) is 2.88. The number of guanidine groups is 1. The SMILES string of the molecule is CN=C(NCc1ccn(-c2ccccc2)n1)N1CCOC(COC)C1.I. The number of hydrogen-bond acceptors (Lipinski definition) is 4. The third-order valence-corrected chi connectivity index (χ3v) is 4.10. The number of ether oxygens (including phenoxy) is 2. The predicted octanol–water partition coefficient (Wildman–Crippen LogP) is 1.91. The molecular formula is C18H26IN5O2. The van der Waals surface area contributed by atoms with E-state index in [1.54, 1.807) is 14.2 Å². The Kier molecular flexibility index (Phi) is 8.33. The molecule has 2 heterocycles. The number of aliphatic imine (C=N–C) groups is 1. The summed E-state index contributed by atoms with van der Waals surface area (Å²) in [7, 11) is 3.49. The summed E-state index contributed by atoms with van der Waals surface area (Å²) in [5.74, 6) is 0.860. The van der Waals surface area contributed by atoms with E-state index in [1.165, 1.54) is 0 Å². The highest BCUT2D eigenvalue weighted by Crippen LogP contribution is 2.08. The van der Waals surface area contributed by atoms with Gasteiger partial charge in [-0.25, -0.2) is 4.68 Å². The first-order valence-electron chi connectivity index (χ1n) is 8.46. The summed E-state index contributed by atoms with van der Waals surface area (Å²) in [6.07, 6.45) is 2.05. The summed E-state index contributed by atoms with van der Waals surface area (Å²) in [6.45, 7) is 3.48. The van der Waals surface area contributed by atoms with Gasteiger partial charge in [0, 0.05) is 33.4 Å². The lowest BCUT2D eigenvalue weighted by Gasteiger charge is -2.34. The Labute approximate surface area is 171 Å². The van der Waals surface area contributed by atoms with Crippen LogP contribution in [0.3, 0.4) is 0 Å². The van der Waals surface area contributed by atoms with E-state index in [0.717, 1.165) is 30.4 Å². The van der Waals surface area contributed by atoms with Gasteiger partial charge in [0.1, 0.15) is 0 Å². The molecule has 1 aromatic heterocycles. The normalized spacial score (nSPS) is 17.7. The maximum Gasteiger partial charge on any atom is 0.194 e. The van der Waals surface area contributed by atoms with Gasteiger partial charge in [0.15, 0.2) is 5.96 Å². The van der Waals surface area contributed by atoms with Gasteiger partial charge >= 0.3 is 0 Å². The summed E-state index contributed by atoms with van der Waals surface area (Å²) >= 11 is 0. The Hall–Kier alpha value is -1.65. The average Bonchev–Trinajstić information content (AvgIpc) is 3.13. The van der Waals surface area contributed by atoms with Crippen LogP contribution in [0.2, 0.25) is 0 Å². The van der Waals surface area contributed by atoms with Crippen LogP contribution >= 0.6 is 24.0 Å². The molecule has 1 aliphatic rings. The molecule has 0 saturated carbocycles. The molecule has 2 aromatic rings. The third kappa shape index (κ3) is 5.42. The third-order valence-electron chi connectivity index (χ3n) is 4.10. The summed E-state index contributed by atoms with van der Waals surface area (Å²) in [5.41, 5.74) is 2.01. The number of para-hydroxylation sites is 1. The van der Waals surface area contributed by atoms with Gasteiger partial charge in [-0.15, -0.1) is 24.0 Å². The van der Waals surface area contributed by atoms with Crippen LogP contribution in [0.25, 0.3) is 5.69 Å². The van der Waals surface area contributed by atoms with Gasteiger partial charge in [-0.2, -0.15) is 5.10 Å². The molecule has 7 nitrogen and oxygen atoms in total. The molecular weight excluding hydrogens is 445 g/mol. The van der Waals surface area contributed by atoms with Gasteiger partial charge in [-0.05, 0) is 18.2 Å². The van der Waals surface area contributed by atoms with Crippen LogP contribution in [0, 0.1) is 0 Å². The van der Waals surface area contributed by atoms with Crippen LogP contribution in [0.5, 0.6) is 0 Å². The van der Waals surface area contributed by atoms with Crippen molar-refractivity contribution in [2.45, 2.75) is 12.6 Å². The summed E-state index contributed by atoms with van der Waals surface area (Å²) < 4.78 is 12.8. The Balaban J connectivity index is 0.00000243. The van der Waals surface area contributed by atoms with Gasteiger partial charge in [0.2, 0.25) is 0 Å². The van der Waals surface area contributed by atoms with E-state index in [4.69, 9.17) is 9.47 Å². The van der Waals surface area contributed by atoms with Crippen LogP contribution in [0.1, 0.15) is 5.69 Å². The molecule has 0 aliphatic carbocycles. The molecule has 1 fully saturated rings. The van der Waals surface area contributed by atoms with Gasteiger partial charge in [-0.1, -0.05) is 18.2 Å². The Morgan fingerprint density at radius 2 is 2.15 bits per heavy atom. The first-order chi connectivity index (χ1) is 12.3. The maximum atomic E-state index is 5.69. The molecule has 1 aliphatic heterocycles. The van der Waals surface area contributed by atoms with Crippen molar-refractivity contribution in [3.63, 3.8) is 0 Å². The number of morpholine rings is 1. The van der Waals surface area contributed by atoms with Crippen molar-refractivity contribution >= 4 is 29.9 Å². The van der Waals surface area contributed by atoms with Crippen LogP contribution in [0.15, 0.2) is 47.6 Å². The van der Waals surface area contributed by atoms with Crippen molar-refractivity contribution in [1.82, 2.24) is 20.0 Å². The van der Waals surface area contributed by atoms with E-state index in [0.29, 0.717) is 19.8 Å². The molecule has 1 saturated heterocycles. The monoisotopic (exact) mass is 471 g/mol. The van der Waals surface area contributed by atoms with Gasteiger partial charge in [0.25, 0.3) is 0 Å². The number of nitrogens with one attached hydrogen (secondary N) is 1. The summed E-state index contributed by atoms with van der Waals surface area (Å²) in [5, 5.41) is 8.00. The fraction of sp³-hybridized carbons (Fsp3) is 0.444. The molecule has 0 bridgehead atoms. The van der Waals surface area contributed by atoms with E-state index in [9.17, 15) is 0 Å². The second-order valence-electron chi connectivity index (χ2n) is 5.88. The van der Waals surface area contributed by atoms with Crippen molar-refractivity contribution in [3.05, 3.63) is 48.3 Å². The second-order valence-corrected chi connectivity index (χ2v) is 5.88. The van der Waals surface area contributed by atoms with Gasteiger partial charge < -0.3 is 19.7 Å². The lowest BCUT2D eigenvalue weighted by Crippen LogP contribution is -2.51. The smallest absolute Gasteiger partial charge is 0.194 e. The van der Waals surface area contributed by atoms with Crippen LogP contribution < -0.4 is 5.32 Å². The highest BCUT2D eigenvalue weighted by molar-refractivity contribution is 14.0. The molecule has 26 heavy (non-hydrogen) atoms. The van der Waals surface area contributed by atoms with Crippen molar-refractivity contribution in [1.29, 1.82) is 0 Å². The molecule has 0 radical (unpaired) electrons. The molecule has 1 N–H and O–H groups in total. The number of nitrogens with zero attached hydrogens (tertiary/aromatic N) is 4. The lowest BCUT2D eigenvalue weighted by molar-refractivity contribution is -0.0447. The Morgan fingerprint density at radius 3 is 2.88 bits per heavy atom. The zero-order chi connectivity index (χ0) is 17.5. The lowest BCUT2D eigenvalue weighted by atomic mass is 10.3. The molecule has 3 rings (SSSR count). The van der Waals surface area contributed by atoms with E-state index in [-0.39, 0.29) is 30.1 Å². The van der Waals surface area contributed by atoms with E-state index in [2.05, 4.69) is 20.3 Å². The number of methoxy groups -OCH3 is 1. The first kappa shape index (κ1) is 20.7. The molecule has 0 spiro atoms. The highest BCUT2D eigenvalue weighted by atomic mass is 127.